The first-order valence-corrected chi connectivity index (χ1v) is 12.8. The molecule has 3 aromatic heterocycles. The van der Waals surface area contributed by atoms with Crippen molar-refractivity contribution in [3.8, 4) is 17.3 Å². The number of hydrogen-bond acceptors (Lipinski definition) is 6. The van der Waals surface area contributed by atoms with Gasteiger partial charge in [-0.05, 0) is 74.2 Å². The molecule has 182 valence electrons. The molecule has 0 spiro atoms. The van der Waals surface area contributed by atoms with Gasteiger partial charge in [0.05, 0.1) is 5.69 Å². The molecule has 6 nitrogen and oxygen atoms in total. The highest BCUT2D eigenvalue weighted by atomic mass is 32.1. The lowest BCUT2D eigenvalue weighted by molar-refractivity contribution is 0.607. The highest BCUT2D eigenvalue weighted by molar-refractivity contribution is 7.16. The lowest BCUT2D eigenvalue weighted by Crippen LogP contribution is -2.16. The molecule has 1 N–H and O–H groups in total. The lowest BCUT2D eigenvalue weighted by Gasteiger charge is -2.19. The molecular weight excluding hydrogens is 459 g/mol. The van der Waals surface area contributed by atoms with Gasteiger partial charge in [-0.3, -0.25) is 4.40 Å². The third-order valence-corrected chi connectivity index (χ3v) is 7.35. The van der Waals surface area contributed by atoms with Crippen molar-refractivity contribution in [1.29, 1.82) is 5.26 Å². The Bertz CT molecular complexity index is 1370. The van der Waals surface area contributed by atoms with Crippen LogP contribution in [-0.2, 0) is 6.42 Å². The highest BCUT2D eigenvalue weighted by Crippen LogP contribution is 2.37. The summed E-state index contributed by atoms with van der Waals surface area (Å²) in [5.74, 6) is 1.04. The van der Waals surface area contributed by atoms with Gasteiger partial charge in [0.1, 0.15) is 33.9 Å². The summed E-state index contributed by atoms with van der Waals surface area (Å²) in [5.41, 5.74) is 5.61. The van der Waals surface area contributed by atoms with Crippen molar-refractivity contribution in [3.63, 3.8) is 0 Å². The molecule has 0 bridgehead atoms. The number of hydrogen-bond donors (Lipinski definition) is 1. The molecule has 0 amide bonds. The van der Waals surface area contributed by atoms with Crippen LogP contribution in [0.1, 0.15) is 54.8 Å². The van der Waals surface area contributed by atoms with Crippen LogP contribution in [0.5, 0.6) is 0 Å². The van der Waals surface area contributed by atoms with Gasteiger partial charge in [-0.25, -0.2) is 14.4 Å². The Labute approximate surface area is 210 Å². The van der Waals surface area contributed by atoms with Crippen molar-refractivity contribution in [2.75, 3.05) is 25.0 Å². The summed E-state index contributed by atoms with van der Waals surface area (Å²) < 4.78 is 15.6. The number of nitrogens with one attached hydrogen (secondary N) is 1. The van der Waals surface area contributed by atoms with Crippen LogP contribution in [0, 0.1) is 24.1 Å². The second-order valence-electron chi connectivity index (χ2n) is 8.78. The summed E-state index contributed by atoms with van der Waals surface area (Å²) in [4.78, 5) is 12.3. The van der Waals surface area contributed by atoms with E-state index in [0.29, 0.717) is 21.6 Å². The van der Waals surface area contributed by atoms with Crippen molar-refractivity contribution < 1.29 is 4.39 Å². The van der Waals surface area contributed by atoms with Crippen LogP contribution in [0.4, 0.5) is 15.3 Å². The quantitative estimate of drug-likeness (QED) is 0.283. The second kappa shape index (κ2) is 10.5. The van der Waals surface area contributed by atoms with Gasteiger partial charge in [0.2, 0.25) is 0 Å². The van der Waals surface area contributed by atoms with Gasteiger partial charge in [0.15, 0.2) is 5.13 Å². The zero-order valence-corrected chi connectivity index (χ0v) is 21.7. The molecule has 8 heteroatoms. The third-order valence-electron chi connectivity index (χ3n) is 6.32. The van der Waals surface area contributed by atoms with E-state index in [1.807, 2.05) is 11.9 Å². The molecule has 0 fully saturated rings. The molecule has 0 radical (unpaired) electrons. The zero-order chi connectivity index (χ0) is 25.1. The van der Waals surface area contributed by atoms with E-state index in [2.05, 4.69) is 55.7 Å². The first kappa shape index (κ1) is 24.8. The van der Waals surface area contributed by atoms with Crippen LogP contribution >= 0.6 is 11.3 Å². The van der Waals surface area contributed by atoms with Gasteiger partial charge in [-0.2, -0.15) is 5.26 Å². The average Bonchev–Trinajstić information content (AvgIpc) is 3.46. The largest absolute Gasteiger partial charge is 0.317 e. The number of benzene rings is 1. The summed E-state index contributed by atoms with van der Waals surface area (Å²) in [5, 5.41) is 13.9. The van der Waals surface area contributed by atoms with Crippen LogP contribution < -0.4 is 10.2 Å². The van der Waals surface area contributed by atoms with Crippen LogP contribution in [0.15, 0.2) is 36.5 Å². The van der Waals surface area contributed by atoms with Gasteiger partial charge in [-0.1, -0.05) is 38.2 Å². The average molecular weight is 491 g/mol. The fraction of sp³-hybridized carbons (Fsp3) is 0.370. The van der Waals surface area contributed by atoms with Crippen molar-refractivity contribution in [2.24, 2.45) is 0 Å². The van der Waals surface area contributed by atoms with Crippen molar-refractivity contribution in [3.05, 3.63) is 64.0 Å². The normalized spacial score (nSPS) is 12.1. The molecule has 0 aliphatic heterocycles. The van der Waals surface area contributed by atoms with Crippen LogP contribution in [-0.4, -0.2) is 34.5 Å². The van der Waals surface area contributed by atoms with E-state index >= 15 is 0 Å². The smallest absolute Gasteiger partial charge is 0.192 e. The minimum Gasteiger partial charge on any atom is -0.317 e. The molecule has 4 aromatic rings. The van der Waals surface area contributed by atoms with Crippen LogP contribution in [0.2, 0.25) is 0 Å². The molecule has 3 heterocycles. The van der Waals surface area contributed by atoms with Gasteiger partial charge in [0.25, 0.3) is 0 Å². The fourth-order valence-corrected chi connectivity index (χ4v) is 5.17. The number of aromatic nitrogens is 3. The molecule has 1 aromatic carbocycles. The standard InChI is InChI=1S/C27H31FN6S/c1-6-22-26(34-16-20(14-18(4)25(34)31-22)17(3)12-13-30-7-2)33(5)27-32-24(23(15-29)35-27)19-8-10-21(28)11-9-19/h8-11,14,16-17,30H,6-7,12-13H2,1-5H3. The van der Waals surface area contributed by atoms with E-state index < -0.39 is 0 Å². The van der Waals surface area contributed by atoms with Crippen LogP contribution in [0.3, 0.4) is 0 Å². The molecule has 1 unspecified atom stereocenters. The fourth-order valence-electron chi connectivity index (χ4n) is 4.32. The monoisotopic (exact) mass is 490 g/mol. The van der Waals surface area contributed by atoms with Crippen molar-refractivity contribution in [2.45, 2.75) is 46.5 Å². The number of fused-ring (bicyclic) bond motifs is 1. The number of aryl methyl sites for hydroxylation is 2. The summed E-state index contributed by atoms with van der Waals surface area (Å²) in [6.07, 6.45) is 4.02. The first-order chi connectivity index (χ1) is 16.9. The summed E-state index contributed by atoms with van der Waals surface area (Å²) in [7, 11) is 1.97. The number of imidazole rings is 1. The summed E-state index contributed by atoms with van der Waals surface area (Å²) in [6.45, 7) is 10.5. The predicted molar refractivity (Wildman–Crippen MR) is 141 cm³/mol. The van der Waals surface area contributed by atoms with E-state index in [1.54, 1.807) is 12.1 Å². The van der Waals surface area contributed by atoms with Gasteiger partial charge in [0, 0.05) is 18.8 Å². The number of anilines is 2. The summed E-state index contributed by atoms with van der Waals surface area (Å²) >= 11 is 1.33. The predicted octanol–water partition coefficient (Wildman–Crippen LogP) is 6.21. The molecule has 1 atom stereocenters. The highest BCUT2D eigenvalue weighted by Gasteiger charge is 2.23. The number of rotatable bonds is 9. The lowest BCUT2D eigenvalue weighted by atomic mass is 9.98. The molecule has 0 aliphatic carbocycles. The maximum absolute atomic E-state index is 13.4. The molecule has 4 rings (SSSR count). The van der Waals surface area contributed by atoms with Crippen molar-refractivity contribution >= 4 is 27.9 Å². The Morgan fingerprint density at radius 3 is 2.63 bits per heavy atom. The molecular formula is C27H31FN6S. The topological polar surface area (TPSA) is 69.2 Å². The number of halogens is 1. The minimum absolute atomic E-state index is 0.316. The van der Waals surface area contributed by atoms with Crippen LogP contribution in [0.25, 0.3) is 16.9 Å². The Hall–Kier alpha value is -3.28. The van der Waals surface area contributed by atoms with E-state index in [9.17, 15) is 9.65 Å². The molecule has 0 saturated carbocycles. The maximum Gasteiger partial charge on any atom is 0.192 e. The SMILES string of the molecule is CCNCCC(C)c1cc(C)c2nc(CC)c(N(C)c3nc(-c4ccc(F)cc4)c(C#N)s3)n2c1. The number of nitriles is 1. The van der Waals surface area contributed by atoms with E-state index in [1.165, 1.54) is 29.0 Å². The Morgan fingerprint density at radius 2 is 1.97 bits per heavy atom. The summed E-state index contributed by atoms with van der Waals surface area (Å²) in [6, 6.07) is 10.6. The Morgan fingerprint density at radius 1 is 1.23 bits per heavy atom. The minimum atomic E-state index is -0.316. The zero-order valence-electron chi connectivity index (χ0n) is 20.9. The number of pyridine rings is 1. The second-order valence-corrected chi connectivity index (χ2v) is 9.76. The van der Waals surface area contributed by atoms with Gasteiger partial charge in [-0.15, -0.1) is 0 Å². The Kier molecular flexibility index (Phi) is 7.48. The van der Waals surface area contributed by atoms with E-state index in [-0.39, 0.29) is 5.82 Å². The van der Waals surface area contributed by atoms with E-state index in [0.717, 1.165) is 54.2 Å². The van der Waals surface area contributed by atoms with Gasteiger partial charge < -0.3 is 10.2 Å². The number of thiazole rings is 1. The van der Waals surface area contributed by atoms with Crippen molar-refractivity contribution in [1.82, 2.24) is 19.7 Å². The molecule has 0 saturated heterocycles. The first-order valence-electron chi connectivity index (χ1n) is 12.0. The molecule has 0 aliphatic rings. The Balaban J connectivity index is 1.78. The number of nitrogens with zero attached hydrogens (tertiary/aromatic N) is 5. The third kappa shape index (κ3) is 4.93. The van der Waals surface area contributed by atoms with Gasteiger partial charge >= 0.3 is 0 Å². The maximum atomic E-state index is 13.4. The molecule has 35 heavy (non-hydrogen) atoms. The van der Waals surface area contributed by atoms with E-state index in [4.69, 9.17) is 9.97 Å².